The highest BCUT2D eigenvalue weighted by Gasteiger charge is 2.06. The molecule has 110 valence electrons. The number of benzene rings is 1. The van der Waals surface area contributed by atoms with Crippen LogP contribution in [0, 0.1) is 12.7 Å². The molecule has 1 amide bonds. The number of nitrogens with two attached hydrogens (primary N) is 1. The van der Waals surface area contributed by atoms with E-state index in [2.05, 4.69) is 10.3 Å². The van der Waals surface area contributed by atoms with Crippen LogP contribution in [0.3, 0.4) is 0 Å². The predicted octanol–water partition coefficient (Wildman–Crippen LogP) is 1.30. The number of amides is 1. The van der Waals surface area contributed by atoms with Crippen molar-refractivity contribution in [1.29, 1.82) is 0 Å². The van der Waals surface area contributed by atoms with Crippen LogP contribution in [0.1, 0.15) is 12.1 Å². The van der Waals surface area contributed by atoms with Gasteiger partial charge in [0.05, 0.1) is 12.0 Å². The fraction of sp³-hybridized carbons (Fsp3) is 0.214. The average molecular weight is 290 g/mol. The molecule has 6 nitrogen and oxygen atoms in total. The molecule has 3 N–H and O–H groups in total. The molecule has 7 heteroatoms. The smallest absolute Gasteiger partial charge is 0.253 e. The Morgan fingerprint density at radius 1 is 1.43 bits per heavy atom. The highest BCUT2D eigenvalue weighted by molar-refractivity contribution is 5.91. The first-order valence-corrected chi connectivity index (χ1v) is 6.33. The number of carbonyl (C=O) groups is 1. The van der Waals surface area contributed by atoms with Gasteiger partial charge < -0.3 is 11.1 Å². The molecule has 2 rings (SSSR count). The van der Waals surface area contributed by atoms with Crippen LogP contribution >= 0.6 is 0 Å². The molecule has 21 heavy (non-hydrogen) atoms. The Morgan fingerprint density at radius 3 is 2.86 bits per heavy atom. The minimum atomic E-state index is -0.537. The second kappa shape index (κ2) is 6.17. The highest BCUT2D eigenvalue weighted by Crippen LogP contribution is 2.16. The van der Waals surface area contributed by atoms with E-state index >= 15 is 0 Å². The van der Waals surface area contributed by atoms with Gasteiger partial charge in [0.25, 0.3) is 5.56 Å². The molecular weight excluding hydrogens is 275 g/mol. The largest absolute Gasteiger partial charge is 0.396 e. The highest BCUT2D eigenvalue weighted by atomic mass is 19.1. The van der Waals surface area contributed by atoms with E-state index in [9.17, 15) is 14.0 Å². The van der Waals surface area contributed by atoms with E-state index in [4.69, 9.17) is 5.73 Å². The normalized spacial score (nSPS) is 10.4. The number of aromatic nitrogens is 2. The monoisotopic (exact) mass is 290 g/mol. The van der Waals surface area contributed by atoms with Gasteiger partial charge in [0.1, 0.15) is 5.82 Å². The van der Waals surface area contributed by atoms with Gasteiger partial charge in [-0.15, -0.1) is 0 Å². The number of halogens is 1. The zero-order chi connectivity index (χ0) is 15.4. The molecule has 1 aromatic carbocycles. The first kappa shape index (κ1) is 14.7. The Labute approximate surface area is 120 Å². The summed E-state index contributed by atoms with van der Waals surface area (Å²) in [5, 5.41) is 2.59. The molecule has 0 spiro atoms. The van der Waals surface area contributed by atoms with Crippen LogP contribution in [0.5, 0.6) is 0 Å². The molecule has 0 saturated heterocycles. The predicted molar refractivity (Wildman–Crippen MR) is 77.3 cm³/mol. The molecule has 0 aliphatic carbocycles. The first-order chi connectivity index (χ1) is 9.95. The molecule has 2 aromatic rings. The van der Waals surface area contributed by atoms with Crippen LogP contribution in [-0.4, -0.2) is 15.5 Å². The van der Waals surface area contributed by atoms with E-state index < -0.39 is 5.82 Å². The third kappa shape index (κ3) is 3.88. The third-order valence-electron chi connectivity index (χ3n) is 2.88. The molecule has 1 aromatic heterocycles. The minimum absolute atomic E-state index is 0.0354. The SMILES string of the molecule is Cc1cc(=O)n(CCC(=O)Nc2ccc(F)c(N)c2)cn1. The van der Waals surface area contributed by atoms with Gasteiger partial charge in [0.15, 0.2) is 0 Å². The van der Waals surface area contributed by atoms with Crippen molar-refractivity contribution in [3.63, 3.8) is 0 Å². The third-order valence-corrected chi connectivity index (χ3v) is 2.88. The van der Waals surface area contributed by atoms with Gasteiger partial charge in [-0.2, -0.15) is 0 Å². The first-order valence-electron chi connectivity index (χ1n) is 6.33. The molecule has 0 bridgehead atoms. The van der Waals surface area contributed by atoms with Crippen molar-refractivity contribution >= 4 is 17.3 Å². The van der Waals surface area contributed by atoms with Crippen molar-refractivity contribution in [2.75, 3.05) is 11.1 Å². The minimum Gasteiger partial charge on any atom is -0.396 e. The molecule has 0 fully saturated rings. The van der Waals surface area contributed by atoms with Gasteiger partial charge in [-0.1, -0.05) is 0 Å². The zero-order valence-electron chi connectivity index (χ0n) is 11.5. The van der Waals surface area contributed by atoms with Gasteiger partial charge in [0.2, 0.25) is 5.91 Å². The summed E-state index contributed by atoms with van der Waals surface area (Å²) in [6, 6.07) is 5.34. The average Bonchev–Trinajstić information content (AvgIpc) is 2.42. The van der Waals surface area contributed by atoms with Crippen LogP contribution in [0.15, 0.2) is 35.4 Å². The van der Waals surface area contributed by atoms with Crippen molar-refractivity contribution < 1.29 is 9.18 Å². The molecule has 0 radical (unpaired) electrons. The zero-order valence-corrected chi connectivity index (χ0v) is 11.5. The number of hydrogen-bond acceptors (Lipinski definition) is 4. The lowest BCUT2D eigenvalue weighted by molar-refractivity contribution is -0.116. The van der Waals surface area contributed by atoms with Crippen molar-refractivity contribution in [2.45, 2.75) is 19.9 Å². The van der Waals surface area contributed by atoms with E-state index in [0.29, 0.717) is 11.4 Å². The van der Waals surface area contributed by atoms with E-state index in [1.54, 1.807) is 6.92 Å². The molecule has 0 unspecified atom stereocenters. The lowest BCUT2D eigenvalue weighted by Gasteiger charge is -2.08. The van der Waals surface area contributed by atoms with E-state index in [1.165, 1.54) is 35.2 Å². The van der Waals surface area contributed by atoms with Crippen molar-refractivity contribution in [3.05, 3.63) is 52.5 Å². The second-order valence-electron chi connectivity index (χ2n) is 4.60. The topological polar surface area (TPSA) is 90.0 Å². The molecule has 1 heterocycles. The van der Waals surface area contributed by atoms with Crippen LogP contribution in [0.4, 0.5) is 15.8 Å². The van der Waals surface area contributed by atoms with Crippen LogP contribution in [0.25, 0.3) is 0 Å². The second-order valence-corrected chi connectivity index (χ2v) is 4.60. The van der Waals surface area contributed by atoms with Gasteiger partial charge in [0, 0.05) is 30.4 Å². The Morgan fingerprint density at radius 2 is 2.19 bits per heavy atom. The van der Waals surface area contributed by atoms with Crippen molar-refractivity contribution in [2.24, 2.45) is 0 Å². The maximum absolute atomic E-state index is 13.0. The summed E-state index contributed by atoms with van der Waals surface area (Å²) in [6.07, 6.45) is 1.50. The molecular formula is C14H15FN4O2. The number of rotatable bonds is 4. The molecule has 0 saturated carbocycles. The quantitative estimate of drug-likeness (QED) is 0.830. The number of carbonyl (C=O) groups excluding carboxylic acids is 1. The Bertz CT molecular complexity index is 727. The van der Waals surface area contributed by atoms with Gasteiger partial charge in [-0.25, -0.2) is 9.37 Å². The molecule has 0 aliphatic heterocycles. The summed E-state index contributed by atoms with van der Waals surface area (Å²) in [5.41, 5.74) is 6.21. The molecule has 0 atom stereocenters. The standard InChI is InChI=1S/C14H15FN4O2/c1-9-6-14(21)19(8-17-9)5-4-13(20)18-10-2-3-11(15)12(16)7-10/h2-3,6-8H,4-5,16H2,1H3,(H,18,20). The number of nitrogens with one attached hydrogen (secondary N) is 1. The summed E-state index contributed by atoms with van der Waals surface area (Å²) in [7, 11) is 0. The fourth-order valence-electron chi connectivity index (χ4n) is 1.75. The Hall–Kier alpha value is -2.70. The van der Waals surface area contributed by atoms with Crippen molar-refractivity contribution in [1.82, 2.24) is 9.55 Å². The number of anilines is 2. The lowest BCUT2D eigenvalue weighted by Crippen LogP contribution is -2.23. The summed E-state index contributed by atoms with van der Waals surface area (Å²) in [6.45, 7) is 1.94. The Balaban J connectivity index is 1.95. The van der Waals surface area contributed by atoms with Crippen LogP contribution in [-0.2, 0) is 11.3 Å². The van der Waals surface area contributed by atoms with E-state index in [1.807, 2.05) is 0 Å². The number of nitrogen functional groups attached to an aromatic ring is 1. The van der Waals surface area contributed by atoms with Gasteiger partial charge >= 0.3 is 0 Å². The summed E-state index contributed by atoms with van der Waals surface area (Å²) < 4.78 is 14.4. The van der Waals surface area contributed by atoms with Crippen LogP contribution < -0.4 is 16.6 Å². The lowest BCUT2D eigenvalue weighted by atomic mass is 10.2. The number of hydrogen-bond donors (Lipinski definition) is 2. The summed E-state index contributed by atoms with van der Waals surface area (Å²) >= 11 is 0. The summed E-state index contributed by atoms with van der Waals surface area (Å²) in [4.78, 5) is 27.4. The van der Waals surface area contributed by atoms with Crippen molar-refractivity contribution in [3.8, 4) is 0 Å². The number of aryl methyl sites for hydroxylation is 2. The number of nitrogens with zero attached hydrogens (tertiary/aromatic N) is 2. The summed E-state index contributed by atoms with van der Waals surface area (Å²) in [5.74, 6) is -0.834. The maximum atomic E-state index is 13.0. The van der Waals surface area contributed by atoms with E-state index in [-0.39, 0.29) is 30.1 Å². The maximum Gasteiger partial charge on any atom is 0.253 e. The Kier molecular flexibility index (Phi) is 4.32. The fourth-order valence-corrected chi connectivity index (χ4v) is 1.75. The van der Waals surface area contributed by atoms with Gasteiger partial charge in [-0.05, 0) is 25.1 Å². The van der Waals surface area contributed by atoms with Crippen LogP contribution in [0.2, 0.25) is 0 Å². The van der Waals surface area contributed by atoms with Gasteiger partial charge in [-0.3, -0.25) is 14.2 Å². The van der Waals surface area contributed by atoms with E-state index in [0.717, 1.165) is 0 Å². The molecule has 0 aliphatic rings.